The fourth-order valence-electron chi connectivity index (χ4n) is 2.77. The van der Waals surface area contributed by atoms with Gasteiger partial charge in [-0.1, -0.05) is 6.92 Å². The van der Waals surface area contributed by atoms with E-state index in [0.29, 0.717) is 22.6 Å². The molecule has 0 saturated heterocycles. The Morgan fingerprint density at radius 3 is 2.43 bits per heavy atom. The first-order valence-corrected chi connectivity index (χ1v) is 7.90. The lowest BCUT2D eigenvalue weighted by Gasteiger charge is -2.40. The molecule has 0 unspecified atom stereocenters. The fourth-order valence-corrected chi connectivity index (χ4v) is 3.25. The number of hydrogen-bond donors (Lipinski definition) is 2. The maximum atomic E-state index is 12.7. The lowest BCUT2D eigenvalue weighted by atomic mass is 9.77. The molecule has 0 spiro atoms. The number of halogens is 4. The minimum absolute atomic E-state index is 0.214. The molecule has 1 fully saturated rings. The van der Waals surface area contributed by atoms with E-state index >= 15 is 0 Å². The van der Waals surface area contributed by atoms with E-state index in [2.05, 4.69) is 28.2 Å². The van der Waals surface area contributed by atoms with Crippen molar-refractivity contribution in [1.82, 2.24) is 0 Å². The van der Waals surface area contributed by atoms with Gasteiger partial charge >= 0.3 is 6.18 Å². The van der Waals surface area contributed by atoms with Crippen molar-refractivity contribution in [2.75, 3.05) is 11.9 Å². The molecule has 0 aliphatic heterocycles. The Labute approximate surface area is 131 Å². The summed E-state index contributed by atoms with van der Waals surface area (Å²) in [6.07, 6.45) is -0.270. The summed E-state index contributed by atoms with van der Waals surface area (Å²) in [6.45, 7) is 2.70. The highest BCUT2D eigenvalue weighted by Crippen LogP contribution is 2.38. The summed E-state index contributed by atoms with van der Waals surface area (Å²) in [5, 5.41) is 3.37. The van der Waals surface area contributed by atoms with Crippen LogP contribution in [0.1, 0.15) is 38.2 Å². The van der Waals surface area contributed by atoms with E-state index in [1.54, 1.807) is 0 Å². The minimum atomic E-state index is -4.33. The molecule has 1 aromatic rings. The third kappa shape index (κ3) is 3.92. The van der Waals surface area contributed by atoms with Crippen molar-refractivity contribution in [3.05, 3.63) is 28.2 Å². The summed E-state index contributed by atoms with van der Waals surface area (Å²) in [5.41, 5.74) is 5.73. The number of benzene rings is 1. The van der Waals surface area contributed by atoms with E-state index < -0.39 is 11.7 Å². The van der Waals surface area contributed by atoms with Crippen LogP contribution in [-0.4, -0.2) is 12.1 Å². The zero-order chi connectivity index (χ0) is 15.7. The van der Waals surface area contributed by atoms with Crippen LogP contribution in [0.25, 0.3) is 0 Å². The SMILES string of the molecule is CC1CCC(CN)(Nc2ccc(C(F)(F)F)cc2Br)CC1. The van der Waals surface area contributed by atoms with Crippen LogP contribution in [0.5, 0.6) is 0 Å². The van der Waals surface area contributed by atoms with Gasteiger partial charge in [0.25, 0.3) is 0 Å². The number of hydrogen-bond acceptors (Lipinski definition) is 2. The first-order chi connectivity index (χ1) is 9.76. The molecular formula is C15H20BrF3N2. The Hall–Kier alpha value is -0.750. The van der Waals surface area contributed by atoms with Crippen LogP contribution < -0.4 is 11.1 Å². The highest BCUT2D eigenvalue weighted by atomic mass is 79.9. The average molecular weight is 365 g/mol. The molecule has 3 N–H and O–H groups in total. The molecule has 118 valence electrons. The van der Waals surface area contributed by atoms with Crippen molar-refractivity contribution in [2.45, 2.75) is 44.3 Å². The van der Waals surface area contributed by atoms with Crippen LogP contribution in [-0.2, 0) is 6.18 Å². The molecule has 1 aliphatic rings. The molecule has 0 bridgehead atoms. The molecule has 2 rings (SSSR count). The summed E-state index contributed by atoms with van der Waals surface area (Å²) in [6, 6.07) is 3.68. The van der Waals surface area contributed by atoms with Crippen LogP contribution in [0.2, 0.25) is 0 Å². The Morgan fingerprint density at radius 2 is 1.95 bits per heavy atom. The van der Waals surface area contributed by atoms with Gasteiger partial charge in [-0.05, 0) is 65.7 Å². The molecule has 21 heavy (non-hydrogen) atoms. The van der Waals surface area contributed by atoms with Gasteiger partial charge in [0.1, 0.15) is 0 Å². The second-order valence-corrected chi connectivity index (χ2v) is 6.84. The third-order valence-corrected chi connectivity index (χ3v) is 4.97. The lowest BCUT2D eigenvalue weighted by molar-refractivity contribution is -0.137. The highest BCUT2D eigenvalue weighted by Gasteiger charge is 2.34. The van der Waals surface area contributed by atoms with E-state index in [4.69, 9.17) is 5.73 Å². The monoisotopic (exact) mass is 364 g/mol. The van der Waals surface area contributed by atoms with Gasteiger partial charge in [-0.2, -0.15) is 13.2 Å². The van der Waals surface area contributed by atoms with Crippen LogP contribution in [0, 0.1) is 5.92 Å². The Balaban J connectivity index is 2.19. The van der Waals surface area contributed by atoms with E-state index in [9.17, 15) is 13.2 Å². The van der Waals surface area contributed by atoms with Gasteiger partial charge in [-0.3, -0.25) is 0 Å². The predicted molar refractivity (Wildman–Crippen MR) is 82.2 cm³/mol. The highest BCUT2D eigenvalue weighted by molar-refractivity contribution is 9.10. The maximum Gasteiger partial charge on any atom is 0.416 e. The topological polar surface area (TPSA) is 38.0 Å². The predicted octanol–water partition coefficient (Wildman–Crippen LogP) is 4.79. The summed E-state index contributed by atoms with van der Waals surface area (Å²) in [7, 11) is 0. The van der Waals surface area contributed by atoms with Gasteiger partial charge in [0.15, 0.2) is 0 Å². The molecule has 1 saturated carbocycles. The summed E-state index contributed by atoms with van der Waals surface area (Å²) in [5.74, 6) is 0.683. The molecule has 0 amide bonds. The smallest absolute Gasteiger partial charge is 0.377 e. The quantitative estimate of drug-likeness (QED) is 0.809. The zero-order valence-corrected chi connectivity index (χ0v) is 13.5. The Kier molecular flexibility index (Phi) is 4.88. The second kappa shape index (κ2) is 6.16. The number of alkyl halides is 3. The Morgan fingerprint density at radius 1 is 1.33 bits per heavy atom. The van der Waals surface area contributed by atoms with Gasteiger partial charge in [0.05, 0.1) is 5.56 Å². The van der Waals surface area contributed by atoms with Crippen molar-refractivity contribution in [3.63, 3.8) is 0 Å². The summed E-state index contributed by atoms with van der Waals surface area (Å²) >= 11 is 3.23. The Bertz CT molecular complexity index is 494. The van der Waals surface area contributed by atoms with Crippen LogP contribution in [0.4, 0.5) is 18.9 Å². The first kappa shape index (κ1) is 16.6. The van der Waals surface area contributed by atoms with Crippen molar-refractivity contribution in [1.29, 1.82) is 0 Å². The number of nitrogens with one attached hydrogen (secondary N) is 1. The lowest BCUT2D eigenvalue weighted by Crippen LogP contribution is -2.48. The van der Waals surface area contributed by atoms with E-state index in [1.165, 1.54) is 6.07 Å². The standard InChI is InChI=1S/C15H20BrF3N2/c1-10-4-6-14(9-20,7-5-10)21-13-3-2-11(8-12(13)16)15(17,18)19/h2-3,8,10,21H,4-7,9,20H2,1H3. The molecule has 2 nitrogen and oxygen atoms in total. The third-order valence-electron chi connectivity index (χ3n) is 4.32. The number of nitrogens with two attached hydrogens (primary N) is 1. The molecule has 0 aromatic heterocycles. The maximum absolute atomic E-state index is 12.7. The van der Waals surface area contributed by atoms with Crippen molar-refractivity contribution < 1.29 is 13.2 Å². The van der Waals surface area contributed by atoms with Crippen molar-refractivity contribution in [2.24, 2.45) is 11.7 Å². The van der Waals surface area contributed by atoms with Crippen LogP contribution >= 0.6 is 15.9 Å². The van der Waals surface area contributed by atoms with E-state index in [1.807, 2.05) is 0 Å². The zero-order valence-electron chi connectivity index (χ0n) is 11.9. The molecule has 0 atom stereocenters. The fraction of sp³-hybridized carbons (Fsp3) is 0.600. The van der Waals surface area contributed by atoms with Crippen LogP contribution in [0.15, 0.2) is 22.7 Å². The normalized spacial score (nSPS) is 26.7. The molecule has 1 aliphatic carbocycles. The number of rotatable bonds is 3. The molecule has 6 heteroatoms. The van der Waals surface area contributed by atoms with Gasteiger partial charge < -0.3 is 11.1 Å². The summed E-state index contributed by atoms with van der Waals surface area (Å²) < 4.78 is 38.5. The van der Waals surface area contributed by atoms with Gasteiger partial charge in [-0.15, -0.1) is 0 Å². The second-order valence-electron chi connectivity index (χ2n) is 5.98. The van der Waals surface area contributed by atoms with Gasteiger partial charge in [0, 0.05) is 22.2 Å². The van der Waals surface area contributed by atoms with E-state index in [-0.39, 0.29) is 5.54 Å². The molecule has 0 radical (unpaired) electrons. The molecular weight excluding hydrogens is 345 g/mol. The van der Waals surface area contributed by atoms with Gasteiger partial charge in [-0.25, -0.2) is 0 Å². The summed E-state index contributed by atoms with van der Waals surface area (Å²) in [4.78, 5) is 0. The van der Waals surface area contributed by atoms with Crippen molar-refractivity contribution in [3.8, 4) is 0 Å². The first-order valence-electron chi connectivity index (χ1n) is 7.11. The molecule has 0 heterocycles. The molecule has 1 aromatic carbocycles. The average Bonchev–Trinajstić information content (AvgIpc) is 2.43. The number of anilines is 1. The van der Waals surface area contributed by atoms with Crippen LogP contribution in [0.3, 0.4) is 0 Å². The van der Waals surface area contributed by atoms with Gasteiger partial charge in [0.2, 0.25) is 0 Å². The minimum Gasteiger partial charge on any atom is -0.377 e. The van der Waals surface area contributed by atoms with Crippen molar-refractivity contribution >= 4 is 21.6 Å². The largest absolute Gasteiger partial charge is 0.416 e. The van der Waals surface area contributed by atoms with E-state index in [0.717, 1.165) is 37.8 Å².